The Bertz CT molecular complexity index is 704. The van der Waals surface area contributed by atoms with Crippen molar-refractivity contribution in [3.63, 3.8) is 0 Å². The monoisotopic (exact) mass is 392 g/mol. The lowest BCUT2D eigenvalue weighted by atomic mass is 9.55. The lowest BCUT2D eigenvalue weighted by molar-refractivity contribution is -0.113. The van der Waals surface area contributed by atoms with E-state index in [-0.39, 0.29) is 28.8 Å². The van der Waals surface area contributed by atoms with E-state index in [1.54, 1.807) is 6.92 Å². The number of ether oxygens (including phenoxy) is 1. The number of Topliss-reactive ketones (excluding diaryl/α,β-unsaturated/α-hetero) is 1. The van der Waals surface area contributed by atoms with Crippen molar-refractivity contribution in [2.75, 3.05) is 0 Å². The first kappa shape index (κ1) is 20.8. The Kier molecular flexibility index (Phi) is 5.53. The first-order chi connectivity index (χ1) is 12.5. The Morgan fingerprint density at radius 3 is 2.48 bits per heavy atom. The SMILES string of the molecule is C/C=C(\C)C1C(/C=C/C=C(\C)C(C)=O)C2CC(Cl)C(C)(O)CC2C2OC21C. The fourth-order valence-electron chi connectivity index (χ4n) is 5.46. The van der Waals surface area contributed by atoms with Crippen LogP contribution in [0.3, 0.4) is 0 Å². The zero-order valence-corrected chi connectivity index (χ0v) is 18.1. The zero-order chi connectivity index (χ0) is 20.1. The number of fused-ring (bicyclic) bond motifs is 3. The summed E-state index contributed by atoms with van der Waals surface area (Å²) in [6.07, 6.45) is 10.0. The van der Waals surface area contributed by atoms with Crippen LogP contribution in [-0.2, 0) is 9.53 Å². The van der Waals surface area contributed by atoms with E-state index in [0.29, 0.717) is 24.2 Å². The highest BCUT2D eigenvalue weighted by Gasteiger charge is 2.70. The summed E-state index contributed by atoms with van der Waals surface area (Å²) < 4.78 is 6.30. The van der Waals surface area contributed by atoms with E-state index in [0.717, 1.165) is 12.0 Å². The van der Waals surface area contributed by atoms with Crippen molar-refractivity contribution in [1.82, 2.24) is 0 Å². The highest BCUT2D eigenvalue weighted by Crippen LogP contribution is 2.64. The van der Waals surface area contributed by atoms with E-state index in [1.807, 2.05) is 26.0 Å². The smallest absolute Gasteiger partial charge is 0.155 e. The number of aliphatic hydroxyl groups is 1. The van der Waals surface area contributed by atoms with Gasteiger partial charge in [-0.15, -0.1) is 11.6 Å². The Balaban J connectivity index is 1.98. The minimum Gasteiger partial charge on any atom is -0.389 e. The van der Waals surface area contributed by atoms with Gasteiger partial charge >= 0.3 is 0 Å². The van der Waals surface area contributed by atoms with Gasteiger partial charge < -0.3 is 9.84 Å². The van der Waals surface area contributed by atoms with Gasteiger partial charge in [0.2, 0.25) is 0 Å². The molecule has 0 spiro atoms. The average Bonchev–Trinajstić information content (AvgIpc) is 3.28. The van der Waals surface area contributed by atoms with Gasteiger partial charge in [0.15, 0.2) is 5.78 Å². The minimum absolute atomic E-state index is 0.0921. The van der Waals surface area contributed by atoms with Gasteiger partial charge in [-0.3, -0.25) is 4.79 Å². The second-order valence-electron chi connectivity index (χ2n) is 9.19. The molecule has 0 radical (unpaired) electrons. The third-order valence-electron chi connectivity index (χ3n) is 7.31. The molecule has 8 unspecified atom stereocenters. The van der Waals surface area contributed by atoms with Crippen LogP contribution >= 0.6 is 11.6 Å². The van der Waals surface area contributed by atoms with Crippen molar-refractivity contribution >= 4 is 17.4 Å². The van der Waals surface area contributed by atoms with E-state index in [4.69, 9.17) is 16.3 Å². The maximum atomic E-state index is 11.5. The lowest BCUT2D eigenvalue weighted by Gasteiger charge is -2.50. The molecule has 27 heavy (non-hydrogen) atoms. The van der Waals surface area contributed by atoms with E-state index >= 15 is 0 Å². The number of hydrogen-bond donors (Lipinski definition) is 1. The number of epoxide rings is 1. The third kappa shape index (κ3) is 3.59. The van der Waals surface area contributed by atoms with Gasteiger partial charge in [-0.1, -0.05) is 29.9 Å². The van der Waals surface area contributed by atoms with Gasteiger partial charge in [-0.2, -0.15) is 0 Å². The molecule has 2 aliphatic carbocycles. The third-order valence-corrected chi connectivity index (χ3v) is 7.96. The molecule has 0 aromatic heterocycles. The van der Waals surface area contributed by atoms with Crippen molar-refractivity contribution in [2.24, 2.45) is 23.7 Å². The van der Waals surface area contributed by atoms with E-state index in [2.05, 4.69) is 32.9 Å². The van der Waals surface area contributed by atoms with Crippen molar-refractivity contribution < 1.29 is 14.6 Å². The number of carbonyl (C=O) groups is 1. The summed E-state index contributed by atoms with van der Waals surface area (Å²) in [5, 5.41) is 10.5. The van der Waals surface area contributed by atoms with Gasteiger partial charge in [-0.25, -0.2) is 0 Å². The van der Waals surface area contributed by atoms with Crippen LogP contribution in [0.2, 0.25) is 0 Å². The van der Waals surface area contributed by atoms with Crippen LogP contribution in [0.25, 0.3) is 0 Å². The molecule has 3 rings (SSSR count). The van der Waals surface area contributed by atoms with Crippen LogP contribution in [-0.4, -0.2) is 33.6 Å². The molecule has 8 atom stereocenters. The van der Waals surface area contributed by atoms with Crippen molar-refractivity contribution in [3.8, 4) is 0 Å². The summed E-state index contributed by atoms with van der Waals surface area (Å²) in [6, 6.07) is 0. The number of halogens is 1. The van der Waals surface area contributed by atoms with Crippen LogP contribution in [0.15, 0.2) is 35.5 Å². The topological polar surface area (TPSA) is 49.8 Å². The molecular formula is C23H33ClO3. The molecule has 4 heteroatoms. The second-order valence-corrected chi connectivity index (χ2v) is 9.72. The molecule has 0 aromatic carbocycles. The Hall–Kier alpha value is -0.900. The number of alkyl halides is 1. The van der Waals surface area contributed by atoms with Crippen molar-refractivity contribution in [2.45, 2.75) is 77.1 Å². The second kappa shape index (κ2) is 7.17. The molecule has 1 N–H and O–H groups in total. The molecule has 0 aromatic rings. The van der Waals surface area contributed by atoms with Crippen LogP contribution in [0.4, 0.5) is 0 Å². The van der Waals surface area contributed by atoms with Crippen LogP contribution in [0, 0.1) is 23.7 Å². The first-order valence-electron chi connectivity index (χ1n) is 10.1. The van der Waals surface area contributed by atoms with Crippen LogP contribution in [0.1, 0.15) is 54.4 Å². The number of ketones is 1. The molecule has 150 valence electrons. The number of rotatable bonds is 4. The van der Waals surface area contributed by atoms with E-state index < -0.39 is 5.60 Å². The number of hydrogen-bond acceptors (Lipinski definition) is 3. The standard InChI is InChI=1S/C23H33ClO3/c1-7-13(2)20-16(10-8-9-14(3)15(4)25)17-11-19(24)22(5,26)12-18(17)21-23(20,6)27-21/h7-10,16-21,26H,11-12H2,1-6H3/b10-8+,13-7+,14-9+. The maximum Gasteiger partial charge on any atom is 0.155 e. The molecule has 2 saturated carbocycles. The molecule has 1 heterocycles. The predicted octanol–water partition coefficient (Wildman–Crippen LogP) is 4.83. The fourth-order valence-corrected chi connectivity index (χ4v) is 5.76. The zero-order valence-electron chi connectivity index (χ0n) is 17.3. The molecule has 3 aliphatic rings. The normalized spacial score (nSPS) is 47.6. The lowest BCUT2D eigenvalue weighted by Crippen LogP contribution is -2.54. The summed E-state index contributed by atoms with van der Waals surface area (Å²) in [6.45, 7) is 11.8. The summed E-state index contributed by atoms with van der Waals surface area (Å²) in [5.74, 6) is 1.35. The molecular weight excluding hydrogens is 360 g/mol. The summed E-state index contributed by atoms with van der Waals surface area (Å²) >= 11 is 6.59. The van der Waals surface area contributed by atoms with Gasteiger partial charge in [0.1, 0.15) is 0 Å². The number of carbonyl (C=O) groups excluding carboxylic acids is 1. The van der Waals surface area contributed by atoms with E-state index in [1.165, 1.54) is 5.57 Å². The molecule has 3 fully saturated rings. The van der Waals surface area contributed by atoms with Crippen LogP contribution in [0.5, 0.6) is 0 Å². The van der Waals surface area contributed by atoms with Crippen molar-refractivity contribution in [1.29, 1.82) is 0 Å². The van der Waals surface area contributed by atoms with Gasteiger partial charge in [0, 0.05) is 5.92 Å². The molecule has 3 nitrogen and oxygen atoms in total. The average molecular weight is 393 g/mol. The Morgan fingerprint density at radius 1 is 1.22 bits per heavy atom. The number of allylic oxidation sites excluding steroid dienone is 5. The van der Waals surface area contributed by atoms with Gasteiger partial charge in [-0.05, 0) is 77.7 Å². The molecule has 0 amide bonds. The quantitative estimate of drug-likeness (QED) is 0.245. The fraction of sp³-hybridized carbons (Fsp3) is 0.696. The maximum absolute atomic E-state index is 11.5. The van der Waals surface area contributed by atoms with Crippen LogP contribution < -0.4 is 0 Å². The first-order valence-corrected chi connectivity index (χ1v) is 10.5. The summed E-state index contributed by atoms with van der Waals surface area (Å²) in [7, 11) is 0. The predicted molar refractivity (Wildman–Crippen MR) is 110 cm³/mol. The largest absolute Gasteiger partial charge is 0.389 e. The van der Waals surface area contributed by atoms with E-state index in [9.17, 15) is 9.90 Å². The minimum atomic E-state index is -0.850. The molecule has 1 aliphatic heterocycles. The molecule has 0 bridgehead atoms. The van der Waals surface area contributed by atoms with Gasteiger partial charge in [0.05, 0.1) is 22.7 Å². The highest BCUT2D eigenvalue weighted by molar-refractivity contribution is 6.21. The summed E-state index contributed by atoms with van der Waals surface area (Å²) in [5.41, 5.74) is 1.06. The van der Waals surface area contributed by atoms with Crippen molar-refractivity contribution in [3.05, 3.63) is 35.5 Å². The Labute approximate surface area is 168 Å². The molecule has 1 saturated heterocycles. The van der Waals surface area contributed by atoms with Gasteiger partial charge in [0.25, 0.3) is 0 Å². The highest BCUT2D eigenvalue weighted by atomic mass is 35.5. The summed E-state index contributed by atoms with van der Waals surface area (Å²) in [4.78, 5) is 11.5. The Morgan fingerprint density at radius 2 is 1.89 bits per heavy atom.